The quantitative estimate of drug-likeness (QED) is 0.600. The van der Waals surface area contributed by atoms with E-state index in [1.807, 2.05) is 13.8 Å². The third kappa shape index (κ3) is 4.20. The number of hydrogen-bond donors (Lipinski definition) is 1. The van der Waals surface area contributed by atoms with E-state index in [1.54, 1.807) is 0 Å². The number of alkyl halides is 1. The van der Waals surface area contributed by atoms with Gasteiger partial charge in [0.15, 0.2) is 0 Å². The van der Waals surface area contributed by atoms with Crippen LogP contribution in [-0.2, 0) is 0 Å². The lowest BCUT2D eigenvalue weighted by atomic mass is 9.76. The van der Waals surface area contributed by atoms with Gasteiger partial charge in [0.2, 0.25) is 0 Å². The maximum absolute atomic E-state index is 13.7. The van der Waals surface area contributed by atoms with Crippen LogP contribution in [0.3, 0.4) is 0 Å². The normalized spacial score (nSPS) is 18.2. The second-order valence-corrected chi connectivity index (χ2v) is 5.04. The van der Waals surface area contributed by atoms with Crippen LogP contribution in [0.4, 0.5) is 4.39 Å². The van der Waals surface area contributed by atoms with Crippen molar-refractivity contribution in [3.63, 3.8) is 0 Å². The molecule has 0 aliphatic rings. The highest BCUT2D eigenvalue weighted by molar-refractivity contribution is 7.80. The van der Waals surface area contributed by atoms with Gasteiger partial charge in [-0.15, -0.1) is 0 Å². The Morgan fingerprint density at radius 3 is 2.14 bits per heavy atom. The summed E-state index contributed by atoms with van der Waals surface area (Å²) in [4.78, 5) is 0. The molecule has 0 fully saturated rings. The van der Waals surface area contributed by atoms with Crippen LogP contribution in [-0.4, -0.2) is 11.9 Å². The van der Waals surface area contributed by atoms with Crippen molar-refractivity contribution in [2.24, 2.45) is 11.3 Å². The number of halogens is 1. The van der Waals surface area contributed by atoms with Gasteiger partial charge in [-0.3, -0.25) is 0 Å². The molecule has 0 radical (unpaired) electrons. The summed E-state index contributed by atoms with van der Waals surface area (Å²) in [6, 6.07) is 0. The summed E-state index contributed by atoms with van der Waals surface area (Å²) in [6.07, 6.45) is 3.27. The van der Waals surface area contributed by atoms with Crippen LogP contribution in [0.25, 0.3) is 0 Å². The highest BCUT2D eigenvalue weighted by Gasteiger charge is 2.30. The fourth-order valence-corrected chi connectivity index (χ4v) is 2.37. The minimum absolute atomic E-state index is 0.127. The Morgan fingerprint density at radius 1 is 1.29 bits per heavy atom. The molecule has 0 aromatic carbocycles. The van der Waals surface area contributed by atoms with Gasteiger partial charge in [0.25, 0.3) is 0 Å². The van der Waals surface area contributed by atoms with Crippen molar-refractivity contribution in [1.29, 1.82) is 0 Å². The molecule has 0 aromatic rings. The molecule has 2 heteroatoms. The molecule has 2 atom stereocenters. The van der Waals surface area contributed by atoms with Gasteiger partial charge in [-0.2, -0.15) is 12.6 Å². The zero-order valence-electron chi connectivity index (χ0n) is 10.0. The molecule has 0 nitrogen and oxygen atoms in total. The van der Waals surface area contributed by atoms with Gasteiger partial charge in [-0.25, -0.2) is 4.39 Å². The van der Waals surface area contributed by atoms with E-state index in [9.17, 15) is 4.39 Å². The van der Waals surface area contributed by atoms with E-state index in [0.29, 0.717) is 6.42 Å². The first-order valence-electron chi connectivity index (χ1n) is 5.76. The first-order chi connectivity index (χ1) is 6.51. The van der Waals surface area contributed by atoms with Crippen LogP contribution in [0.5, 0.6) is 0 Å². The van der Waals surface area contributed by atoms with Crippen LogP contribution in [0.15, 0.2) is 0 Å². The second-order valence-electron chi connectivity index (χ2n) is 4.73. The summed E-state index contributed by atoms with van der Waals surface area (Å²) in [5, 5.41) is 0. The zero-order chi connectivity index (χ0) is 11.2. The lowest BCUT2D eigenvalue weighted by Gasteiger charge is -2.33. The average molecular weight is 220 g/mol. The number of rotatable bonds is 7. The Bertz CT molecular complexity index is 141. The van der Waals surface area contributed by atoms with Crippen LogP contribution in [0.2, 0.25) is 0 Å². The molecule has 0 N–H and O–H groups in total. The number of hydrogen-bond acceptors (Lipinski definition) is 1. The lowest BCUT2D eigenvalue weighted by Crippen LogP contribution is -2.28. The largest absolute Gasteiger partial charge is 0.247 e. The molecule has 0 heterocycles. The summed E-state index contributed by atoms with van der Waals surface area (Å²) >= 11 is 4.39. The van der Waals surface area contributed by atoms with Crippen molar-refractivity contribution < 1.29 is 4.39 Å². The third-order valence-corrected chi connectivity index (χ3v) is 3.89. The number of thiol groups is 1. The van der Waals surface area contributed by atoms with Gasteiger partial charge in [-0.1, -0.05) is 34.1 Å². The van der Waals surface area contributed by atoms with Gasteiger partial charge in [0.1, 0.15) is 6.17 Å². The van der Waals surface area contributed by atoms with E-state index in [4.69, 9.17) is 0 Å². The Kier molecular flexibility index (Phi) is 6.84. The maximum Gasteiger partial charge on any atom is 0.103 e. The van der Waals surface area contributed by atoms with Crippen LogP contribution in [0, 0.1) is 11.3 Å². The fraction of sp³-hybridized carbons (Fsp3) is 1.00. The van der Waals surface area contributed by atoms with Crippen molar-refractivity contribution >= 4 is 12.6 Å². The molecule has 0 saturated carbocycles. The molecule has 2 unspecified atom stereocenters. The predicted octanol–water partition coefficient (Wildman–Crippen LogP) is 4.50. The zero-order valence-corrected chi connectivity index (χ0v) is 10.9. The van der Waals surface area contributed by atoms with Crippen LogP contribution >= 0.6 is 12.6 Å². The van der Waals surface area contributed by atoms with E-state index >= 15 is 0 Å². The van der Waals surface area contributed by atoms with Crippen LogP contribution in [0.1, 0.15) is 53.4 Å². The molecule has 0 bridgehead atoms. The molecule has 0 aromatic heterocycles. The van der Waals surface area contributed by atoms with Gasteiger partial charge in [0, 0.05) is 0 Å². The standard InChI is InChI=1S/C12H25FS/c1-5-7-12(6-2,9-14)8-11(13)10(3)4/h10-11,14H,5-9H2,1-4H3. The molecular weight excluding hydrogens is 195 g/mol. The highest BCUT2D eigenvalue weighted by atomic mass is 32.1. The molecule has 86 valence electrons. The molecule has 0 saturated heterocycles. The van der Waals surface area contributed by atoms with Crippen molar-refractivity contribution in [1.82, 2.24) is 0 Å². The van der Waals surface area contributed by atoms with Gasteiger partial charge in [-0.05, 0) is 36.3 Å². The first kappa shape index (κ1) is 14.3. The van der Waals surface area contributed by atoms with E-state index in [-0.39, 0.29) is 11.3 Å². The molecule has 0 rings (SSSR count). The summed E-state index contributed by atoms with van der Waals surface area (Å²) in [5.41, 5.74) is 0.127. The van der Waals surface area contributed by atoms with Crippen molar-refractivity contribution in [3.05, 3.63) is 0 Å². The molecular formula is C12H25FS. The van der Waals surface area contributed by atoms with E-state index < -0.39 is 6.17 Å². The van der Waals surface area contributed by atoms with Gasteiger partial charge in [0.05, 0.1) is 0 Å². The SMILES string of the molecule is CCCC(CC)(CS)CC(F)C(C)C. The highest BCUT2D eigenvalue weighted by Crippen LogP contribution is 2.37. The Balaban J connectivity index is 4.33. The van der Waals surface area contributed by atoms with Gasteiger partial charge < -0.3 is 0 Å². The third-order valence-electron chi connectivity index (χ3n) is 3.22. The van der Waals surface area contributed by atoms with Crippen molar-refractivity contribution in [2.45, 2.75) is 59.5 Å². The van der Waals surface area contributed by atoms with Crippen molar-refractivity contribution in [3.8, 4) is 0 Å². The first-order valence-corrected chi connectivity index (χ1v) is 6.39. The summed E-state index contributed by atoms with van der Waals surface area (Å²) in [5.74, 6) is 0.947. The van der Waals surface area contributed by atoms with E-state index in [2.05, 4.69) is 26.5 Å². The second kappa shape index (κ2) is 6.71. The minimum atomic E-state index is -0.673. The van der Waals surface area contributed by atoms with E-state index in [1.165, 1.54) is 0 Å². The predicted molar refractivity (Wildman–Crippen MR) is 65.8 cm³/mol. The molecule has 0 spiro atoms. The maximum atomic E-state index is 13.7. The lowest BCUT2D eigenvalue weighted by molar-refractivity contribution is 0.142. The molecule has 0 aliphatic carbocycles. The Morgan fingerprint density at radius 2 is 1.86 bits per heavy atom. The fourth-order valence-electron chi connectivity index (χ4n) is 1.86. The summed E-state index contributed by atoms with van der Waals surface area (Å²) < 4.78 is 13.7. The van der Waals surface area contributed by atoms with Crippen LogP contribution < -0.4 is 0 Å². The Hall–Kier alpha value is 0.280. The Labute approximate surface area is 94.1 Å². The monoisotopic (exact) mass is 220 g/mol. The molecule has 14 heavy (non-hydrogen) atoms. The van der Waals surface area contributed by atoms with Gasteiger partial charge >= 0.3 is 0 Å². The van der Waals surface area contributed by atoms with E-state index in [0.717, 1.165) is 25.0 Å². The molecule has 0 amide bonds. The summed E-state index contributed by atoms with van der Waals surface area (Å²) in [7, 11) is 0. The topological polar surface area (TPSA) is 0 Å². The summed E-state index contributed by atoms with van der Waals surface area (Å²) in [6.45, 7) is 8.22. The van der Waals surface area contributed by atoms with Crippen molar-refractivity contribution in [2.75, 3.05) is 5.75 Å². The molecule has 0 aliphatic heterocycles. The average Bonchev–Trinajstić information content (AvgIpc) is 2.16. The minimum Gasteiger partial charge on any atom is -0.247 e. The smallest absolute Gasteiger partial charge is 0.103 e.